The van der Waals surface area contributed by atoms with Crippen molar-refractivity contribution in [2.75, 3.05) is 7.11 Å². The van der Waals surface area contributed by atoms with Crippen LogP contribution in [0.25, 0.3) is 0 Å². The molecule has 0 bridgehead atoms. The van der Waals surface area contributed by atoms with Crippen LogP contribution in [0.3, 0.4) is 0 Å². The second-order valence-corrected chi connectivity index (χ2v) is 7.44. The number of methoxy groups -OCH3 is 1. The van der Waals surface area contributed by atoms with E-state index in [0.717, 1.165) is 29.2 Å². The van der Waals surface area contributed by atoms with Gasteiger partial charge in [-0.1, -0.05) is 23.7 Å². The van der Waals surface area contributed by atoms with Crippen LogP contribution in [0.1, 0.15) is 60.0 Å². The second-order valence-electron chi connectivity index (χ2n) is 7.00. The molecule has 3 nitrogen and oxygen atoms in total. The minimum absolute atomic E-state index is 0.0347. The largest absolute Gasteiger partial charge is 0.496 e. The van der Waals surface area contributed by atoms with Crippen molar-refractivity contribution in [3.63, 3.8) is 0 Å². The van der Waals surface area contributed by atoms with Gasteiger partial charge in [0, 0.05) is 16.6 Å². The monoisotopic (exact) mass is 357 g/mol. The number of nitrogens with one attached hydrogen (secondary N) is 1. The quantitative estimate of drug-likeness (QED) is 0.803. The Balaban J connectivity index is 1.75. The first kappa shape index (κ1) is 17.8. The Hall–Kier alpha value is -2.00. The van der Waals surface area contributed by atoms with Gasteiger partial charge in [-0.2, -0.15) is 0 Å². The number of ether oxygens (including phenoxy) is 1. The highest BCUT2D eigenvalue weighted by Crippen LogP contribution is 2.50. The molecule has 1 saturated carbocycles. The van der Waals surface area contributed by atoms with Gasteiger partial charge in [0.2, 0.25) is 0 Å². The molecular weight excluding hydrogens is 334 g/mol. The van der Waals surface area contributed by atoms with E-state index >= 15 is 0 Å². The molecular formula is C21H24ClNO2. The fourth-order valence-corrected chi connectivity index (χ4v) is 3.55. The van der Waals surface area contributed by atoms with Crippen molar-refractivity contribution in [1.29, 1.82) is 0 Å². The lowest BCUT2D eigenvalue weighted by Gasteiger charge is -2.37. The molecule has 2 aromatic carbocycles. The molecule has 1 amide bonds. The summed E-state index contributed by atoms with van der Waals surface area (Å²) >= 11 is 5.97. The van der Waals surface area contributed by atoms with Crippen molar-refractivity contribution in [2.24, 2.45) is 0 Å². The van der Waals surface area contributed by atoms with E-state index in [1.165, 1.54) is 5.56 Å². The molecule has 1 fully saturated rings. The van der Waals surface area contributed by atoms with E-state index in [1.807, 2.05) is 44.2 Å². The number of benzene rings is 2. The van der Waals surface area contributed by atoms with Crippen molar-refractivity contribution < 1.29 is 9.53 Å². The molecule has 0 aromatic heterocycles. The normalized spacial score (nSPS) is 19.4. The molecule has 0 saturated heterocycles. The van der Waals surface area contributed by atoms with Crippen LogP contribution in [0.15, 0.2) is 42.5 Å². The molecule has 4 heteroatoms. The van der Waals surface area contributed by atoms with Crippen LogP contribution in [0.4, 0.5) is 0 Å². The maximum atomic E-state index is 12.3. The minimum atomic E-state index is -0.0347. The summed E-state index contributed by atoms with van der Waals surface area (Å²) in [6.07, 6.45) is 2.13. The smallest absolute Gasteiger partial charge is 0.251 e. The van der Waals surface area contributed by atoms with Crippen LogP contribution in [0, 0.1) is 0 Å². The van der Waals surface area contributed by atoms with Gasteiger partial charge < -0.3 is 10.1 Å². The summed E-state index contributed by atoms with van der Waals surface area (Å²) in [6, 6.07) is 13.9. The average molecular weight is 358 g/mol. The molecule has 1 aliphatic carbocycles. The van der Waals surface area contributed by atoms with E-state index in [-0.39, 0.29) is 11.9 Å². The number of rotatable bonds is 5. The predicted molar refractivity (Wildman–Crippen MR) is 102 cm³/mol. The van der Waals surface area contributed by atoms with Gasteiger partial charge >= 0.3 is 0 Å². The number of amides is 1. The van der Waals surface area contributed by atoms with Crippen LogP contribution in [-0.2, 0) is 0 Å². The summed E-state index contributed by atoms with van der Waals surface area (Å²) in [6.45, 7) is 3.93. The molecule has 1 N–H and O–H groups in total. The van der Waals surface area contributed by atoms with E-state index in [9.17, 15) is 4.79 Å². The van der Waals surface area contributed by atoms with Crippen LogP contribution in [-0.4, -0.2) is 19.1 Å². The molecule has 1 aliphatic rings. The third kappa shape index (κ3) is 3.98. The molecule has 0 heterocycles. The van der Waals surface area contributed by atoms with Crippen molar-refractivity contribution in [3.8, 4) is 5.75 Å². The Morgan fingerprint density at radius 3 is 2.40 bits per heavy atom. The first-order valence-electron chi connectivity index (χ1n) is 8.72. The minimum Gasteiger partial charge on any atom is -0.496 e. The summed E-state index contributed by atoms with van der Waals surface area (Å²) in [4.78, 5) is 12.3. The number of carbonyl (C=O) groups is 1. The lowest BCUT2D eigenvalue weighted by Crippen LogP contribution is -2.30. The van der Waals surface area contributed by atoms with Gasteiger partial charge in [-0.3, -0.25) is 4.79 Å². The van der Waals surface area contributed by atoms with Crippen molar-refractivity contribution >= 4 is 17.5 Å². The first-order chi connectivity index (χ1) is 12.0. The fraction of sp³-hybridized carbons (Fsp3) is 0.381. The molecule has 0 spiro atoms. The van der Waals surface area contributed by atoms with E-state index in [1.54, 1.807) is 7.11 Å². The van der Waals surface area contributed by atoms with Gasteiger partial charge in [0.1, 0.15) is 5.75 Å². The topological polar surface area (TPSA) is 38.3 Å². The Bertz CT molecular complexity index is 749. The Morgan fingerprint density at radius 1 is 1.12 bits per heavy atom. The highest BCUT2D eigenvalue weighted by atomic mass is 35.5. The van der Waals surface area contributed by atoms with Gasteiger partial charge in [-0.25, -0.2) is 0 Å². The molecule has 132 valence electrons. The van der Waals surface area contributed by atoms with Gasteiger partial charge in [-0.05, 0) is 80.0 Å². The molecule has 2 aromatic rings. The van der Waals surface area contributed by atoms with E-state index in [0.29, 0.717) is 17.4 Å². The van der Waals surface area contributed by atoms with Crippen molar-refractivity contribution in [2.45, 2.75) is 44.6 Å². The zero-order chi connectivity index (χ0) is 18.0. The first-order valence-corrected chi connectivity index (χ1v) is 9.10. The number of halogens is 1. The van der Waals surface area contributed by atoms with Gasteiger partial charge in [0.15, 0.2) is 0 Å². The number of hydrogen-bond donors (Lipinski definition) is 1. The van der Waals surface area contributed by atoms with E-state index in [4.69, 9.17) is 16.3 Å². The highest BCUT2D eigenvalue weighted by molar-refractivity contribution is 6.30. The van der Waals surface area contributed by atoms with E-state index < -0.39 is 0 Å². The highest BCUT2D eigenvalue weighted by Gasteiger charge is 2.33. The molecule has 0 radical (unpaired) electrons. The maximum Gasteiger partial charge on any atom is 0.251 e. The summed E-state index contributed by atoms with van der Waals surface area (Å²) in [5, 5.41) is 3.72. The second kappa shape index (κ2) is 7.49. The molecule has 0 atom stereocenters. The van der Waals surface area contributed by atoms with E-state index in [2.05, 4.69) is 17.4 Å². The molecule has 0 aliphatic heterocycles. The van der Waals surface area contributed by atoms with Crippen molar-refractivity contribution in [3.05, 3.63) is 64.2 Å². The zero-order valence-corrected chi connectivity index (χ0v) is 15.6. The van der Waals surface area contributed by atoms with Gasteiger partial charge in [0.25, 0.3) is 5.91 Å². The van der Waals surface area contributed by atoms with Crippen LogP contribution in [0.5, 0.6) is 5.75 Å². The van der Waals surface area contributed by atoms with Crippen LogP contribution in [0.2, 0.25) is 5.02 Å². The molecule has 3 rings (SSSR count). The summed E-state index contributed by atoms with van der Waals surface area (Å²) in [7, 11) is 1.68. The Morgan fingerprint density at radius 2 is 1.80 bits per heavy atom. The van der Waals surface area contributed by atoms with Crippen molar-refractivity contribution in [1.82, 2.24) is 5.32 Å². The molecule has 25 heavy (non-hydrogen) atoms. The lowest BCUT2D eigenvalue weighted by molar-refractivity contribution is 0.0943. The average Bonchev–Trinajstić information content (AvgIpc) is 2.54. The Kier molecular flexibility index (Phi) is 5.33. The van der Waals surface area contributed by atoms with Crippen LogP contribution >= 0.6 is 11.6 Å². The third-order valence-corrected chi connectivity index (χ3v) is 5.08. The fourth-order valence-electron chi connectivity index (χ4n) is 3.42. The van der Waals surface area contributed by atoms with Gasteiger partial charge in [0.05, 0.1) is 7.11 Å². The summed E-state index contributed by atoms with van der Waals surface area (Å²) in [5.74, 6) is 1.79. The molecule has 0 unspecified atom stereocenters. The lowest BCUT2D eigenvalue weighted by atomic mass is 9.68. The summed E-state index contributed by atoms with van der Waals surface area (Å²) in [5.41, 5.74) is 3.15. The number of hydrogen-bond acceptors (Lipinski definition) is 2. The Labute approximate surface area is 154 Å². The van der Waals surface area contributed by atoms with Gasteiger partial charge in [-0.15, -0.1) is 0 Å². The van der Waals surface area contributed by atoms with Crippen LogP contribution < -0.4 is 10.1 Å². The number of carbonyl (C=O) groups excluding carboxylic acids is 1. The SMILES string of the molecule is COc1ccc(C(=O)NC(C)C)cc1C1CC(c2ccc(Cl)cc2)C1. The third-order valence-electron chi connectivity index (χ3n) is 4.83. The summed E-state index contributed by atoms with van der Waals surface area (Å²) < 4.78 is 5.53. The maximum absolute atomic E-state index is 12.3. The standard InChI is InChI=1S/C21H24ClNO2/c1-13(2)23-21(24)15-6-9-20(25-3)19(12-15)17-10-16(11-17)14-4-7-18(22)8-5-14/h4-9,12-13,16-17H,10-11H2,1-3H3,(H,23,24). The predicted octanol–water partition coefficient (Wildman–Crippen LogP) is 5.15. The zero-order valence-electron chi connectivity index (χ0n) is 14.9.